The quantitative estimate of drug-likeness (QED) is 0.823. The summed E-state index contributed by atoms with van der Waals surface area (Å²) in [6.45, 7) is 3.44. The van der Waals surface area contributed by atoms with Crippen molar-refractivity contribution in [2.24, 2.45) is 0 Å². The second-order valence-electron chi connectivity index (χ2n) is 4.21. The molecule has 0 aromatic heterocycles. The molecule has 1 unspecified atom stereocenters. The van der Waals surface area contributed by atoms with E-state index in [0.717, 1.165) is 5.56 Å². The standard InChI is InChI=1S/C13H21NO3/c1-10(9-16-3)14(2)8-11-5-6-12(17-4)7-13(11)15/h5-7,10,15H,8-9H2,1-4H3. The number of rotatable bonds is 6. The van der Waals surface area contributed by atoms with Crippen molar-refractivity contribution >= 4 is 0 Å². The fourth-order valence-corrected chi connectivity index (χ4v) is 1.60. The van der Waals surface area contributed by atoms with Crippen LogP contribution in [0.5, 0.6) is 11.5 Å². The number of aromatic hydroxyl groups is 1. The molecule has 0 aliphatic rings. The maximum atomic E-state index is 9.85. The van der Waals surface area contributed by atoms with Gasteiger partial charge in [-0.1, -0.05) is 6.07 Å². The van der Waals surface area contributed by atoms with Gasteiger partial charge in [-0.3, -0.25) is 4.90 Å². The number of benzene rings is 1. The fraction of sp³-hybridized carbons (Fsp3) is 0.538. The van der Waals surface area contributed by atoms with Crippen LogP contribution in [0.3, 0.4) is 0 Å². The first-order valence-corrected chi connectivity index (χ1v) is 5.63. The van der Waals surface area contributed by atoms with Crippen molar-refractivity contribution in [1.29, 1.82) is 0 Å². The van der Waals surface area contributed by atoms with Crippen LogP contribution in [0.15, 0.2) is 18.2 Å². The van der Waals surface area contributed by atoms with Gasteiger partial charge in [-0.25, -0.2) is 0 Å². The molecule has 0 aliphatic heterocycles. The number of phenols is 1. The van der Waals surface area contributed by atoms with E-state index in [2.05, 4.69) is 11.8 Å². The minimum Gasteiger partial charge on any atom is -0.507 e. The van der Waals surface area contributed by atoms with E-state index >= 15 is 0 Å². The minimum atomic E-state index is 0.265. The van der Waals surface area contributed by atoms with Crippen LogP contribution < -0.4 is 4.74 Å². The van der Waals surface area contributed by atoms with E-state index in [-0.39, 0.29) is 5.75 Å². The van der Waals surface area contributed by atoms with Crippen molar-refractivity contribution < 1.29 is 14.6 Å². The van der Waals surface area contributed by atoms with Gasteiger partial charge in [-0.05, 0) is 20.0 Å². The number of phenolic OH excluding ortho intramolecular Hbond substituents is 1. The van der Waals surface area contributed by atoms with Crippen molar-refractivity contribution in [2.45, 2.75) is 19.5 Å². The number of likely N-dealkylation sites (N-methyl/N-ethyl adjacent to an activating group) is 1. The Hall–Kier alpha value is -1.26. The zero-order valence-corrected chi connectivity index (χ0v) is 10.9. The van der Waals surface area contributed by atoms with E-state index in [4.69, 9.17) is 9.47 Å². The average Bonchev–Trinajstić information content (AvgIpc) is 2.31. The van der Waals surface area contributed by atoms with E-state index in [9.17, 15) is 5.11 Å². The Balaban J connectivity index is 2.68. The second kappa shape index (κ2) is 6.47. The summed E-state index contributed by atoms with van der Waals surface area (Å²) in [6, 6.07) is 5.67. The van der Waals surface area contributed by atoms with Crippen LogP contribution in [-0.4, -0.2) is 43.9 Å². The zero-order valence-electron chi connectivity index (χ0n) is 10.9. The summed E-state index contributed by atoms with van der Waals surface area (Å²) >= 11 is 0. The minimum absolute atomic E-state index is 0.265. The van der Waals surface area contributed by atoms with Crippen LogP contribution in [0.25, 0.3) is 0 Å². The molecule has 17 heavy (non-hydrogen) atoms. The first-order valence-electron chi connectivity index (χ1n) is 5.63. The predicted octanol–water partition coefficient (Wildman–Crippen LogP) is 1.87. The molecule has 4 heteroatoms. The van der Waals surface area contributed by atoms with Crippen LogP contribution >= 0.6 is 0 Å². The topological polar surface area (TPSA) is 41.9 Å². The highest BCUT2D eigenvalue weighted by molar-refractivity contribution is 5.39. The zero-order chi connectivity index (χ0) is 12.8. The summed E-state index contributed by atoms with van der Waals surface area (Å²) in [5.74, 6) is 0.930. The van der Waals surface area contributed by atoms with Crippen LogP contribution in [0, 0.1) is 0 Å². The van der Waals surface area contributed by atoms with Gasteiger partial charge >= 0.3 is 0 Å². The van der Waals surface area contributed by atoms with Gasteiger partial charge in [-0.15, -0.1) is 0 Å². The Bertz CT molecular complexity index is 355. The van der Waals surface area contributed by atoms with Gasteiger partial charge in [-0.2, -0.15) is 0 Å². The normalized spacial score (nSPS) is 12.8. The molecule has 0 spiro atoms. The molecule has 0 bridgehead atoms. The van der Waals surface area contributed by atoms with Crippen LogP contribution in [-0.2, 0) is 11.3 Å². The van der Waals surface area contributed by atoms with Gasteiger partial charge in [0.15, 0.2) is 0 Å². The lowest BCUT2D eigenvalue weighted by Crippen LogP contribution is -2.32. The molecule has 0 radical (unpaired) electrons. The molecule has 1 atom stereocenters. The molecule has 4 nitrogen and oxygen atoms in total. The lowest BCUT2D eigenvalue weighted by molar-refractivity contribution is 0.111. The molecule has 1 aromatic rings. The fourth-order valence-electron chi connectivity index (χ4n) is 1.60. The van der Waals surface area contributed by atoms with E-state index in [0.29, 0.717) is 24.9 Å². The van der Waals surface area contributed by atoms with Crippen molar-refractivity contribution in [1.82, 2.24) is 4.90 Å². The Morgan fingerprint density at radius 3 is 2.59 bits per heavy atom. The lowest BCUT2D eigenvalue weighted by atomic mass is 10.1. The van der Waals surface area contributed by atoms with Gasteiger partial charge < -0.3 is 14.6 Å². The maximum Gasteiger partial charge on any atom is 0.123 e. The highest BCUT2D eigenvalue weighted by atomic mass is 16.5. The number of hydrogen-bond donors (Lipinski definition) is 1. The van der Waals surface area contributed by atoms with Crippen molar-refractivity contribution in [3.05, 3.63) is 23.8 Å². The van der Waals surface area contributed by atoms with Crippen LogP contribution in [0.2, 0.25) is 0 Å². The molecule has 96 valence electrons. The first-order chi connectivity index (χ1) is 8.08. The molecule has 0 heterocycles. The Labute approximate surface area is 103 Å². The number of hydrogen-bond acceptors (Lipinski definition) is 4. The highest BCUT2D eigenvalue weighted by Crippen LogP contribution is 2.24. The highest BCUT2D eigenvalue weighted by Gasteiger charge is 2.11. The summed E-state index contributed by atoms with van der Waals surface area (Å²) in [5.41, 5.74) is 0.885. The number of ether oxygens (including phenoxy) is 2. The van der Waals surface area contributed by atoms with E-state index in [1.807, 2.05) is 19.2 Å². The molecular formula is C13H21NO3. The summed E-state index contributed by atoms with van der Waals surface area (Å²) in [6.07, 6.45) is 0. The summed E-state index contributed by atoms with van der Waals surface area (Å²) in [4.78, 5) is 2.13. The van der Waals surface area contributed by atoms with E-state index < -0.39 is 0 Å². The summed E-state index contributed by atoms with van der Waals surface area (Å²) in [7, 11) is 5.28. The molecule has 1 N–H and O–H groups in total. The van der Waals surface area contributed by atoms with Gasteiger partial charge in [0.2, 0.25) is 0 Å². The first kappa shape index (κ1) is 13.8. The molecule has 1 aromatic carbocycles. The van der Waals surface area contributed by atoms with Crippen molar-refractivity contribution in [3.63, 3.8) is 0 Å². The third-order valence-electron chi connectivity index (χ3n) is 2.87. The second-order valence-corrected chi connectivity index (χ2v) is 4.21. The molecule has 1 rings (SSSR count). The molecule has 0 amide bonds. The van der Waals surface area contributed by atoms with Crippen molar-refractivity contribution in [3.8, 4) is 11.5 Å². The Kier molecular flexibility index (Phi) is 5.25. The monoisotopic (exact) mass is 239 g/mol. The maximum absolute atomic E-state index is 9.85. The SMILES string of the molecule is COCC(C)N(C)Cc1ccc(OC)cc1O. The molecule has 0 saturated carbocycles. The van der Waals surface area contributed by atoms with Gasteiger partial charge in [0, 0.05) is 31.3 Å². The molecule has 0 aliphatic carbocycles. The van der Waals surface area contributed by atoms with E-state index in [1.54, 1.807) is 20.3 Å². The molecular weight excluding hydrogens is 218 g/mol. The third kappa shape index (κ3) is 3.91. The van der Waals surface area contributed by atoms with Crippen LogP contribution in [0.4, 0.5) is 0 Å². The Morgan fingerprint density at radius 1 is 1.35 bits per heavy atom. The predicted molar refractivity (Wildman–Crippen MR) is 67.5 cm³/mol. The molecule has 0 saturated heterocycles. The Morgan fingerprint density at radius 2 is 2.06 bits per heavy atom. The van der Waals surface area contributed by atoms with Gasteiger partial charge in [0.05, 0.1) is 13.7 Å². The molecule has 0 fully saturated rings. The summed E-state index contributed by atoms with van der Waals surface area (Å²) < 4.78 is 10.2. The van der Waals surface area contributed by atoms with Gasteiger partial charge in [0.25, 0.3) is 0 Å². The average molecular weight is 239 g/mol. The van der Waals surface area contributed by atoms with Crippen LogP contribution in [0.1, 0.15) is 12.5 Å². The third-order valence-corrected chi connectivity index (χ3v) is 2.87. The largest absolute Gasteiger partial charge is 0.507 e. The summed E-state index contributed by atoms with van der Waals surface area (Å²) in [5, 5.41) is 9.85. The van der Waals surface area contributed by atoms with Gasteiger partial charge in [0.1, 0.15) is 11.5 Å². The lowest BCUT2D eigenvalue weighted by Gasteiger charge is -2.24. The number of nitrogens with zero attached hydrogens (tertiary/aromatic N) is 1. The van der Waals surface area contributed by atoms with E-state index in [1.165, 1.54) is 0 Å². The smallest absolute Gasteiger partial charge is 0.123 e. The van der Waals surface area contributed by atoms with Crippen molar-refractivity contribution in [2.75, 3.05) is 27.9 Å². The number of methoxy groups -OCH3 is 2.